The second-order valence-corrected chi connectivity index (χ2v) is 3.12. The SMILES string of the molecule is C=Cc1c(CC)cn(C)c1/C=C\C. The van der Waals surface area contributed by atoms with Gasteiger partial charge in [-0.2, -0.15) is 0 Å². The minimum absolute atomic E-state index is 1.06. The van der Waals surface area contributed by atoms with E-state index in [2.05, 4.69) is 43.5 Å². The van der Waals surface area contributed by atoms with Gasteiger partial charge in [-0.05, 0) is 25.0 Å². The van der Waals surface area contributed by atoms with E-state index in [0.717, 1.165) is 6.42 Å². The summed E-state index contributed by atoms with van der Waals surface area (Å²) in [5.74, 6) is 0. The molecule has 1 aromatic heterocycles. The fraction of sp³-hybridized carbons (Fsp3) is 0.333. The minimum atomic E-state index is 1.06. The molecule has 1 aromatic rings. The van der Waals surface area contributed by atoms with E-state index < -0.39 is 0 Å². The molecule has 0 fully saturated rings. The molecule has 1 heteroatoms. The van der Waals surface area contributed by atoms with Crippen molar-refractivity contribution in [1.29, 1.82) is 0 Å². The molecule has 0 radical (unpaired) electrons. The lowest BCUT2D eigenvalue weighted by atomic mass is 10.1. The third kappa shape index (κ3) is 1.74. The molecule has 70 valence electrons. The molecule has 0 unspecified atom stereocenters. The second-order valence-electron chi connectivity index (χ2n) is 3.12. The van der Waals surface area contributed by atoms with E-state index in [1.54, 1.807) is 0 Å². The van der Waals surface area contributed by atoms with Crippen molar-refractivity contribution in [2.75, 3.05) is 0 Å². The van der Waals surface area contributed by atoms with Crippen LogP contribution in [0.3, 0.4) is 0 Å². The van der Waals surface area contributed by atoms with Crippen LogP contribution in [-0.4, -0.2) is 4.57 Å². The second kappa shape index (κ2) is 4.13. The van der Waals surface area contributed by atoms with Gasteiger partial charge in [-0.3, -0.25) is 0 Å². The summed E-state index contributed by atoms with van der Waals surface area (Å²) in [7, 11) is 2.07. The van der Waals surface area contributed by atoms with Crippen LogP contribution in [0, 0.1) is 0 Å². The van der Waals surface area contributed by atoms with E-state index in [9.17, 15) is 0 Å². The van der Waals surface area contributed by atoms with Gasteiger partial charge in [0.15, 0.2) is 0 Å². The first-order chi connectivity index (χ1) is 6.24. The lowest BCUT2D eigenvalue weighted by Crippen LogP contribution is -1.88. The molecular weight excluding hydrogens is 158 g/mol. The van der Waals surface area contributed by atoms with Gasteiger partial charge in [0, 0.05) is 24.5 Å². The predicted molar refractivity (Wildman–Crippen MR) is 59.6 cm³/mol. The van der Waals surface area contributed by atoms with Gasteiger partial charge < -0.3 is 4.57 Å². The number of rotatable bonds is 3. The van der Waals surface area contributed by atoms with Gasteiger partial charge in [-0.15, -0.1) is 0 Å². The first kappa shape index (κ1) is 9.85. The molecule has 0 aliphatic heterocycles. The van der Waals surface area contributed by atoms with E-state index >= 15 is 0 Å². The minimum Gasteiger partial charge on any atom is -0.350 e. The maximum absolute atomic E-state index is 3.85. The van der Waals surface area contributed by atoms with Gasteiger partial charge in [0.05, 0.1) is 0 Å². The topological polar surface area (TPSA) is 4.93 Å². The highest BCUT2D eigenvalue weighted by Crippen LogP contribution is 2.19. The zero-order chi connectivity index (χ0) is 9.84. The van der Waals surface area contributed by atoms with E-state index in [0.29, 0.717) is 0 Å². The summed E-state index contributed by atoms with van der Waals surface area (Å²) in [6.07, 6.45) is 9.35. The number of aryl methyl sites for hydroxylation is 2. The van der Waals surface area contributed by atoms with Crippen molar-refractivity contribution in [2.45, 2.75) is 20.3 Å². The fourth-order valence-corrected chi connectivity index (χ4v) is 1.61. The summed E-state index contributed by atoms with van der Waals surface area (Å²) >= 11 is 0. The lowest BCUT2D eigenvalue weighted by molar-refractivity contribution is 0.907. The number of aromatic nitrogens is 1. The van der Waals surface area contributed by atoms with Crippen molar-refractivity contribution in [3.8, 4) is 0 Å². The van der Waals surface area contributed by atoms with Crippen LogP contribution in [0.1, 0.15) is 30.7 Å². The number of hydrogen-bond donors (Lipinski definition) is 0. The molecule has 0 saturated carbocycles. The van der Waals surface area contributed by atoms with Crippen molar-refractivity contribution in [3.63, 3.8) is 0 Å². The monoisotopic (exact) mass is 175 g/mol. The Bertz CT molecular complexity index is 329. The van der Waals surface area contributed by atoms with Crippen LogP contribution in [-0.2, 0) is 13.5 Å². The maximum atomic E-state index is 3.85. The fourth-order valence-electron chi connectivity index (χ4n) is 1.61. The molecule has 13 heavy (non-hydrogen) atoms. The van der Waals surface area contributed by atoms with Gasteiger partial charge in [-0.1, -0.05) is 25.7 Å². The van der Waals surface area contributed by atoms with Crippen molar-refractivity contribution >= 4 is 12.2 Å². The Morgan fingerprint density at radius 1 is 1.54 bits per heavy atom. The van der Waals surface area contributed by atoms with Gasteiger partial charge in [-0.25, -0.2) is 0 Å². The van der Waals surface area contributed by atoms with Crippen molar-refractivity contribution < 1.29 is 0 Å². The van der Waals surface area contributed by atoms with Crippen LogP contribution < -0.4 is 0 Å². The molecule has 0 spiro atoms. The molecule has 1 heterocycles. The average molecular weight is 175 g/mol. The summed E-state index contributed by atoms with van der Waals surface area (Å²) in [4.78, 5) is 0. The van der Waals surface area contributed by atoms with Crippen LogP contribution in [0.15, 0.2) is 18.9 Å². The quantitative estimate of drug-likeness (QED) is 0.664. The summed E-state index contributed by atoms with van der Waals surface area (Å²) in [5.41, 5.74) is 3.88. The standard InChI is InChI=1S/C12H17N/c1-5-8-12-11(7-3)10(6-2)9-13(12)4/h5,7-9H,3,6H2,1-2,4H3/b8-5-. The first-order valence-electron chi connectivity index (χ1n) is 4.67. The molecule has 0 N–H and O–H groups in total. The number of allylic oxidation sites excluding steroid dienone is 1. The molecule has 0 atom stereocenters. The van der Waals surface area contributed by atoms with E-state index in [-0.39, 0.29) is 0 Å². The molecule has 1 rings (SSSR count). The Kier molecular flexibility index (Phi) is 3.13. The normalized spacial score (nSPS) is 11.0. The molecule has 0 amide bonds. The molecule has 0 bridgehead atoms. The van der Waals surface area contributed by atoms with Gasteiger partial charge >= 0.3 is 0 Å². The van der Waals surface area contributed by atoms with Crippen LogP contribution in [0.25, 0.3) is 12.2 Å². The lowest BCUT2D eigenvalue weighted by Gasteiger charge is -1.98. The van der Waals surface area contributed by atoms with E-state index in [1.165, 1.54) is 16.8 Å². The summed E-state index contributed by atoms with van der Waals surface area (Å²) in [6, 6.07) is 0. The zero-order valence-electron chi connectivity index (χ0n) is 8.67. The van der Waals surface area contributed by atoms with Crippen LogP contribution in [0.5, 0.6) is 0 Å². The Balaban J connectivity index is 3.30. The summed E-state index contributed by atoms with van der Waals surface area (Å²) < 4.78 is 2.15. The van der Waals surface area contributed by atoms with E-state index in [1.807, 2.05) is 13.0 Å². The van der Waals surface area contributed by atoms with Crippen LogP contribution in [0.2, 0.25) is 0 Å². The molecular formula is C12H17N. The molecule has 0 aromatic carbocycles. The molecule has 1 nitrogen and oxygen atoms in total. The van der Waals surface area contributed by atoms with Crippen molar-refractivity contribution in [1.82, 2.24) is 4.57 Å². The van der Waals surface area contributed by atoms with Gasteiger partial charge in [0.1, 0.15) is 0 Å². The molecule has 0 aliphatic rings. The molecule has 0 saturated heterocycles. The Morgan fingerprint density at radius 2 is 2.23 bits per heavy atom. The first-order valence-corrected chi connectivity index (χ1v) is 4.67. The Morgan fingerprint density at radius 3 is 2.69 bits per heavy atom. The van der Waals surface area contributed by atoms with Gasteiger partial charge in [0.25, 0.3) is 0 Å². The third-order valence-corrected chi connectivity index (χ3v) is 2.26. The van der Waals surface area contributed by atoms with Crippen LogP contribution >= 0.6 is 0 Å². The summed E-state index contributed by atoms with van der Waals surface area (Å²) in [5, 5.41) is 0. The highest BCUT2D eigenvalue weighted by Gasteiger charge is 2.06. The predicted octanol–water partition coefficient (Wildman–Crippen LogP) is 3.26. The number of nitrogens with zero attached hydrogens (tertiary/aromatic N) is 1. The van der Waals surface area contributed by atoms with Crippen molar-refractivity contribution in [3.05, 3.63) is 35.7 Å². The molecule has 0 aliphatic carbocycles. The average Bonchev–Trinajstić information content (AvgIpc) is 2.44. The number of hydrogen-bond acceptors (Lipinski definition) is 0. The van der Waals surface area contributed by atoms with Gasteiger partial charge in [0.2, 0.25) is 0 Å². The Hall–Kier alpha value is -1.24. The highest BCUT2D eigenvalue weighted by molar-refractivity contribution is 5.65. The Labute approximate surface area is 80.4 Å². The highest BCUT2D eigenvalue weighted by atomic mass is 14.9. The summed E-state index contributed by atoms with van der Waals surface area (Å²) in [6.45, 7) is 8.05. The van der Waals surface area contributed by atoms with Crippen LogP contribution in [0.4, 0.5) is 0 Å². The smallest absolute Gasteiger partial charge is 0.0477 e. The maximum Gasteiger partial charge on any atom is 0.0477 e. The zero-order valence-corrected chi connectivity index (χ0v) is 8.67. The third-order valence-electron chi connectivity index (χ3n) is 2.26. The van der Waals surface area contributed by atoms with Crippen molar-refractivity contribution in [2.24, 2.45) is 7.05 Å². The van der Waals surface area contributed by atoms with E-state index in [4.69, 9.17) is 0 Å². The largest absolute Gasteiger partial charge is 0.350 e.